The van der Waals surface area contributed by atoms with Crippen molar-refractivity contribution < 1.29 is 23.9 Å². The van der Waals surface area contributed by atoms with Gasteiger partial charge < -0.3 is 29.7 Å². The van der Waals surface area contributed by atoms with Crippen LogP contribution in [0, 0.1) is 62.2 Å². The summed E-state index contributed by atoms with van der Waals surface area (Å²) in [6.45, 7) is 26.4. The normalized spacial score (nSPS) is 21.9. The van der Waals surface area contributed by atoms with Crippen molar-refractivity contribution in [3.8, 4) is 0 Å². The number of carbonyl (C=O) groups is 3. The molecule has 0 spiro atoms. The minimum absolute atomic E-state index is 0. The van der Waals surface area contributed by atoms with E-state index in [2.05, 4.69) is 62.0 Å². The van der Waals surface area contributed by atoms with Crippen molar-refractivity contribution in [2.75, 3.05) is 13.7 Å². The SMILES string of the molecule is C=Cc1c2[n-]c(c1C)/C=C1\[N-]/C(=C3\c4[n-]c(c(C)c4C(=O)C3C(=O)OC)/C=c3\[n-]/c(c(C)c3CC)=C\2)C(CCC(=O)OCCC(C)CCCC(C)CCCC(C)CCCC(C)C)C1C.[Mg+2]. The Morgan fingerprint density at radius 2 is 1.38 bits per heavy atom. The minimum Gasteiger partial charge on any atom is -0.664 e. The second-order valence-corrected chi connectivity index (χ2v) is 19.8. The van der Waals surface area contributed by atoms with Gasteiger partial charge in [0.25, 0.3) is 0 Å². The molecule has 6 unspecified atom stereocenters. The number of rotatable bonds is 21. The molecule has 9 nitrogen and oxygen atoms in total. The van der Waals surface area contributed by atoms with Gasteiger partial charge in [0.2, 0.25) is 0 Å². The number of fused-ring (bicyclic) bond motifs is 7. The molecule has 8 bridgehead atoms. The average Bonchev–Trinajstić information content (AvgIpc) is 3.99. The fourth-order valence-corrected chi connectivity index (χ4v) is 10.3. The quantitative estimate of drug-likeness (QED) is 0.0588. The zero-order valence-electron chi connectivity index (χ0n) is 41.5. The van der Waals surface area contributed by atoms with Gasteiger partial charge in [0.1, 0.15) is 5.92 Å². The number of ketones is 1. The van der Waals surface area contributed by atoms with Gasteiger partial charge in [0, 0.05) is 12.0 Å². The molecule has 348 valence electrons. The van der Waals surface area contributed by atoms with E-state index in [1.54, 1.807) is 0 Å². The van der Waals surface area contributed by atoms with Gasteiger partial charge in [-0.05, 0) is 81.1 Å². The fraction of sp³-hybridized carbons (Fsp3) is 0.582. The Balaban J connectivity index is 0.00000793. The summed E-state index contributed by atoms with van der Waals surface area (Å²) < 4.78 is 11.1. The Labute approximate surface area is 405 Å². The van der Waals surface area contributed by atoms with E-state index in [9.17, 15) is 14.4 Å². The van der Waals surface area contributed by atoms with Crippen LogP contribution in [0.25, 0.3) is 35.2 Å². The first kappa shape index (κ1) is 52.0. The van der Waals surface area contributed by atoms with Crippen LogP contribution in [-0.4, -0.2) is 54.5 Å². The van der Waals surface area contributed by atoms with E-state index in [4.69, 9.17) is 29.7 Å². The first-order valence-corrected chi connectivity index (χ1v) is 24.4. The molecule has 3 aromatic rings. The third-order valence-corrected chi connectivity index (χ3v) is 14.5. The van der Waals surface area contributed by atoms with E-state index in [1.807, 2.05) is 38.2 Å². The standard InChI is InChI=1S/C55H75N4O5.Mg/c1-13-39-35(8)42-28-44-37(10)41(24-25-48(60)64-27-26-34(7)23-17-22-33(6)21-16-20-32(5)19-15-18-31(3)4)52(58-44)50-51(55(62)63-12)54(61)49-38(11)45(59-53(49)50)30-47-40(14-2)36(9)43(57-47)29-46(39)56-42;/h13,28-34,37,41,51H,1,14-27H2,2-12H3,(H-,58,59,61);/q-3;+2/p-1/b43-29-,44-28-,47-30-;. The molecule has 0 amide bonds. The van der Waals surface area contributed by atoms with Crippen LogP contribution in [0.5, 0.6) is 0 Å². The number of hydrogen-bond acceptors (Lipinski definition) is 5. The number of hydrogen-bond donors (Lipinski definition) is 0. The minimum atomic E-state index is -1.21. The molecule has 0 radical (unpaired) electrons. The molecule has 6 rings (SSSR count). The number of aromatic nitrogens is 3. The van der Waals surface area contributed by atoms with Crippen LogP contribution in [-0.2, 0) is 25.5 Å². The summed E-state index contributed by atoms with van der Waals surface area (Å²) in [5.74, 6) is -0.108. The molecule has 5 heterocycles. The number of methoxy groups -OCH3 is 1. The van der Waals surface area contributed by atoms with Crippen LogP contribution in [0.15, 0.2) is 18.0 Å². The molecule has 10 heteroatoms. The number of esters is 2. The maximum atomic E-state index is 14.4. The van der Waals surface area contributed by atoms with Crippen LogP contribution in [0.4, 0.5) is 0 Å². The molecular weight excluding hydrogens is 821 g/mol. The van der Waals surface area contributed by atoms with Crippen LogP contribution in [0.2, 0.25) is 0 Å². The predicted octanol–water partition coefficient (Wildman–Crippen LogP) is 10.4. The smallest absolute Gasteiger partial charge is 0.664 e. The number of carbonyl (C=O) groups excluding carboxylic acids is 3. The summed E-state index contributed by atoms with van der Waals surface area (Å²) in [6, 6.07) is 0. The number of ether oxygens (including phenoxy) is 2. The number of nitrogens with zero attached hydrogens (tertiary/aromatic N) is 4. The summed E-state index contributed by atoms with van der Waals surface area (Å²) in [6.07, 6.45) is 21.6. The molecule has 1 fully saturated rings. The van der Waals surface area contributed by atoms with E-state index in [0.717, 1.165) is 87.1 Å². The van der Waals surface area contributed by atoms with Gasteiger partial charge in [-0.1, -0.05) is 165 Å². The Bertz CT molecular complexity index is 2390. The van der Waals surface area contributed by atoms with Gasteiger partial charge >= 0.3 is 35.0 Å². The van der Waals surface area contributed by atoms with Crippen LogP contribution < -0.4 is 25.7 Å². The van der Waals surface area contributed by atoms with E-state index in [-0.39, 0.29) is 53.1 Å². The van der Waals surface area contributed by atoms with Gasteiger partial charge in [-0.3, -0.25) is 14.4 Å². The Morgan fingerprint density at radius 1 is 0.785 bits per heavy atom. The predicted molar refractivity (Wildman–Crippen MR) is 265 cm³/mol. The third kappa shape index (κ3) is 11.8. The number of allylic oxidation sites excluding steroid dienone is 2. The van der Waals surface area contributed by atoms with Crippen LogP contribution >= 0.6 is 0 Å². The van der Waals surface area contributed by atoms with Gasteiger partial charge in [-0.15, -0.1) is 33.5 Å². The molecule has 3 aliphatic rings. The second-order valence-electron chi connectivity index (χ2n) is 19.8. The van der Waals surface area contributed by atoms with Crippen molar-refractivity contribution in [3.05, 3.63) is 90.1 Å². The van der Waals surface area contributed by atoms with Crippen LogP contribution in [0.1, 0.15) is 186 Å². The van der Waals surface area contributed by atoms with Gasteiger partial charge in [0.15, 0.2) is 5.78 Å². The largest absolute Gasteiger partial charge is 2.00 e. The van der Waals surface area contributed by atoms with Crippen molar-refractivity contribution in [3.63, 3.8) is 0 Å². The van der Waals surface area contributed by atoms with Crippen molar-refractivity contribution in [1.29, 1.82) is 0 Å². The fourth-order valence-electron chi connectivity index (χ4n) is 10.3. The second kappa shape index (κ2) is 23.1. The summed E-state index contributed by atoms with van der Waals surface area (Å²) in [7, 11) is 1.30. The van der Waals surface area contributed by atoms with Crippen LogP contribution in [0.3, 0.4) is 0 Å². The first-order valence-electron chi connectivity index (χ1n) is 24.4. The number of Topliss-reactive ketones (excluding diaryl/α,β-unsaturated/α-hetero) is 1. The summed E-state index contributed by atoms with van der Waals surface area (Å²) in [4.78, 5) is 56.7. The van der Waals surface area contributed by atoms with Gasteiger partial charge in [0.05, 0.1) is 13.7 Å². The monoisotopic (exact) mass is 895 g/mol. The maximum Gasteiger partial charge on any atom is 2.00 e. The summed E-state index contributed by atoms with van der Waals surface area (Å²) in [5.41, 5.74) is 9.55. The summed E-state index contributed by atoms with van der Waals surface area (Å²) in [5, 5.41) is 6.85. The third-order valence-electron chi connectivity index (χ3n) is 14.5. The zero-order valence-corrected chi connectivity index (χ0v) is 42.9. The Morgan fingerprint density at radius 3 is 1.98 bits per heavy atom. The molecule has 0 N–H and O–H groups in total. The molecular formula is C55H74MgN4O5-2. The van der Waals surface area contributed by atoms with E-state index in [0.29, 0.717) is 52.7 Å². The molecule has 2 aliphatic heterocycles. The molecule has 65 heavy (non-hydrogen) atoms. The Kier molecular flexibility index (Phi) is 18.5. The molecule has 6 atom stereocenters. The average molecular weight is 896 g/mol. The van der Waals surface area contributed by atoms with Crippen molar-refractivity contribution in [2.45, 2.75) is 153 Å². The topological polar surface area (TPSA) is 126 Å². The Hall–Kier alpha value is -4.02. The van der Waals surface area contributed by atoms with Crippen molar-refractivity contribution >= 4 is 70.7 Å². The van der Waals surface area contributed by atoms with Gasteiger partial charge in [-0.2, -0.15) is 11.4 Å². The molecule has 0 saturated carbocycles. The van der Waals surface area contributed by atoms with Crippen molar-refractivity contribution in [1.82, 2.24) is 15.0 Å². The van der Waals surface area contributed by atoms with E-state index in [1.165, 1.54) is 58.5 Å². The summed E-state index contributed by atoms with van der Waals surface area (Å²) >= 11 is 0. The maximum absolute atomic E-state index is 14.4. The first-order chi connectivity index (χ1) is 30.6. The zero-order chi connectivity index (χ0) is 46.4. The molecule has 0 aromatic carbocycles. The van der Waals surface area contributed by atoms with E-state index >= 15 is 0 Å². The molecule has 1 saturated heterocycles. The van der Waals surface area contributed by atoms with Crippen molar-refractivity contribution in [2.24, 2.45) is 41.4 Å². The molecule has 1 aliphatic carbocycles. The van der Waals surface area contributed by atoms with Gasteiger partial charge in [-0.25, -0.2) is 0 Å². The van der Waals surface area contributed by atoms with E-state index < -0.39 is 11.9 Å². The molecule has 3 aromatic heterocycles.